The van der Waals surface area contributed by atoms with Gasteiger partial charge in [0.15, 0.2) is 0 Å². The zero-order chi connectivity index (χ0) is 15.6. The van der Waals surface area contributed by atoms with Crippen molar-refractivity contribution < 1.29 is 24.0 Å². The molecule has 0 aliphatic rings. The number of para-hydroxylation sites is 1. The van der Waals surface area contributed by atoms with Crippen LogP contribution in [-0.4, -0.2) is 21.0 Å². The molecule has 0 bridgehead atoms. The van der Waals surface area contributed by atoms with Gasteiger partial charge >= 0.3 is 11.7 Å². The standard InChI is InChI=1S/C12H6ClFN2O5/c13-8-2-1-3-9(16(19)20)10(8)21-11-7(12(17)18)4-6(14)5-15-11/h1-5H,(H,17,18). The maximum atomic E-state index is 13.0. The minimum Gasteiger partial charge on any atom is -0.477 e. The molecule has 0 saturated carbocycles. The Morgan fingerprint density at radius 3 is 2.81 bits per heavy atom. The number of carboxylic acid groups (broad SMARTS) is 1. The van der Waals surface area contributed by atoms with Gasteiger partial charge in [-0.15, -0.1) is 0 Å². The Bertz CT molecular complexity index is 738. The number of nitro groups is 1. The number of hydrogen-bond donors (Lipinski definition) is 1. The van der Waals surface area contributed by atoms with E-state index in [0.717, 1.165) is 12.3 Å². The van der Waals surface area contributed by atoms with Crippen molar-refractivity contribution in [2.75, 3.05) is 0 Å². The van der Waals surface area contributed by atoms with Crippen LogP contribution in [0.25, 0.3) is 0 Å². The third-order valence-corrected chi connectivity index (χ3v) is 2.69. The molecule has 1 aromatic carbocycles. The van der Waals surface area contributed by atoms with Gasteiger partial charge in [-0.3, -0.25) is 10.1 Å². The van der Waals surface area contributed by atoms with Gasteiger partial charge in [0.1, 0.15) is 11.4 Å². The number of rotatable bonds is 4. The molecule has 2 rings (SSSR count). The van der Waals surface area contributed by atoms with Crippen molar-refractivity contribution in [3.05, 3.63) is 57.0 Å². The summed E-state index contributed by atoms with van der Waals surface area (Å²) in [7, 11) is 0. The van der Waals surface area contributed by atoms with E-state index in [1.807, 2.05) is 0 Å². The molecule has 0 unspecified atom stereocenters. The summed E-state index contributed by atoms with van der Waals surface area (Å²) in [6, 6.07) is 4.48. The minimum absolute atomic E-state index is 0.105. The molecule has 0 amide bonds. The second kappa shape index (κ2) is 5.71. The van der Waals surface area contributed by atoms with Gasteiger partial charge in [0.25, 0.3) is 0 Å². The summed E-state index contributed by atoms with van der Waals surface area (Å²) in [6.45, 7) is 0. The van der Waals surface area contributed by atoms with E-state index in [1.54, 1.807) is 0 Å². The van der Waals surface area contributed by atoms with Crippen molar-refractivity contribution in [3.8, 4) is 11.6 Å². The van der Waals surface area contributed by atoms with E-state index in [9.17, 15) is 19.3 Å². The zero-order valence-electron chi connectivity index (χ0n) is 10.1. The summed E-state index contributed by atoms with van der Waals surface area (Å²) in [5.74, 6) is -3.24. The van der Waals surface area contributed by atoms with Crippen molar-refractivity contribution in [1.29, 1.82) is 0 Å². The molecule has 0 aliphatic heterocycles. The van der Waals surface area contributed by atoms with Crippen LogP contribution in [0.15, 0.2) is 30.5 Å². The highest BCUT2D eigenvalue weighted by molar-refractivity contribution is 6.32. The van der Waals surface area contributed by atoms with Crippen LogP contribution < -0.4 is 4.74 Å². The quantitative estimate of drug-likeness (QED) is 0.686. The topological polar surface area (TPSA) is 103 Å². The highest BCUT2D eigenvalue weighted by atomic mass is 35.5. The number of pyridine rings is 1. The maximum Gasteiger partial charge on any atom is 0.341 e. The van der Waals surface area contributed by atoms with Gasteiger partial charge in [-0.05, 0) is 12.1 Å². The third-order valence-electron chi connectivity index (χ3n) is 2.39. The second-order valence-electron chi connectivity index (χ2n) is 3.76. The first kappa shape index (κ1) is 14.7. The van der Waals surface area contributed by atoms with Crippen LogP contribution >= 0.6 is 11.6 Å². The third kappa shape index (κ3) is 3.06. The van der Waals surface area contributed by atoms with Crippen LogP contribution in [0.3, 0.4) is 0 Å². The molecular weight excluding hydrogens is 307 g/mol. The van der Waals surface area contributed by atoms with Crippen molar-refractivity contribution in [1.82, 2.24) is 4.98 Å². The summed E-state index contributed by atoms with van der Waals surface area (Å²) in [5, 5.41) is 19.8. The SMILES string of the molecule is O=C(O)c1cc(F)cnc1Oc1c(Cl)cccc1[N+](=O)[O-]. The maximum absolute atomic E-state index is 13.0. The Morgan fingerprint density at radius 2 is 2.19 bits per heavy atom. The van der Waals surface area contributed by atoms with Gasteiger partial charge in [-0.25, -0.2) is 14.2 Å². The number of nitrogens with zero attached hydrogens (tertiary/aromatic N) is 2. The largest absolute Gasteiger partial charge is 0.477 e. The Kier molecular flexibility index (Phi) is 3.99. The lowest BCUT2D eigenvalue weighted by Crippen LogP contribution is -2.04. The van der Waals surface area contributed by atoms with E-state index in [1.165, 1.54) is 12.1 Å². The molecular formula is C12H6ClFN2O5. The van der Waals surface area contributed by atoms with E-state index in [4.69, 9.17) is 21.4 Å². The van der Waals surface area contributed by atoms with Crippen LogP contribution in [0.5, 0.6) is 11.6 Å². The minimum atomic E-state index is -1.49. The number of aromatic carboxylic acids is 1. The van der Waals surface area contributed by atoms with E-state index >= 15 is 0 Å². The van der Waals surface area contributed by atoms with Gasteiger partial charge in [-0.1, -0.05) is 17.7 Å². The number of ether oxygens (including phenoxy) is 1. The number of benzene rings is 1. The Morgan fingerprint density at radius 1 is 1.48 bits per heavy atom. The van der Waals surface area contributed by atoms with Crippen molar-refractivity contribution in [2.24, 2.45) is 0 Å². The molecule has 2 aromatic rings. The Balaban J connectivity index is 2.53. The van der Waals surface area contributed by atoms with Crippen LogP contribution in [-0.2, 0) is 0 Å². The first-order chi connectivity index (χ1) is 9.90. The van der Waals surface area contributed by atoms with E-state index in [-0.39, 0.29) is 10.8 Å². The number of carbonyl (C=O) groups is 1. The molecule has 7 nitrogen and oxygen atoms in total. The first-order valence-electron chi connectivity index (χ1n) is 5.39. The highest BCUT2D eigenvalue weighted by Crippen LogP contribution is 2.38. The summed E-state index contributed by atoms with van der Waals surface area (Å²) in [4.78, 5) is 24.7. The molecule has 0 aliphatic carbocycles. The number of hydrogen-bond acceptors (Lipinski definition) is 5. The van der Waals surface area contributed by atoms with E-state index < -0.39 is 33.8 Å². The predicted octanol–water partition coefficient (Wildman–Crippen LogP) is 3.27. The average Bonchev–Trinajstić information content (AvgIpc) is 2.42. The lowest BCUT2D eigenvalue weighted by molar-refractivity contribution is -0.385. The van der Waals surface area contributed by atoms with E-state index in [0.29, 0.717) is 6.07 Å². The van der Waals surface area contributed by atoms with Crippen molar-refractivity contribution in [2.45, 2.75) is 0 Å². The fraction of sp³-hybridized carbons (Fsp3) is 0. The van der Waals surface area contributed by atoms with Crippen LogP contribution in [0.2, 0.25) is 5.02 Å². The molecule has 1 aromatic heterocycles. The van der Waals surface area contributed by atoms with Crippen LogP contribution in [0, 0.1) is 15.9 Å². The summed E-state index contributed by atoms with van der Waals surface area (Å²) in [5.41, 5.74) is -1.05. The van der Waals surface area contributed by atoms with Gasteiger partial charge in [0.05, 0.1) is 16.1 Å². The lowest BCUT2D eigenvalue weighted by atomic mass is 10.2. The monoisotopic (exact) mass is 312 g/mol. The fourth-order valence-electron chi connectivity index (χ4n) is 1.50. The number of halogens is 2. The van der Waals surface area contributed by atoms with Crippen molar-refractivity contribution >= 4 is 23.3 Å². The van der Waals surface area contributed by atoms with Crippen LogP contribution in [0.1, 0.15) is 10.4 Å². The van der Waals surface area contributed by atoms with Gasteiger partial charge < -0.3 is 9.84 Å². The molecule has 1 heterocycles. The average molecular weight is 313 g/mol. The molecule has 21 heavy (non-hydrogen) atoms. The summed E-state index contributed by atoms with van der Waals surface area (Å²) >= 11 is 5.81. The molecule has 0 fully saturated rings. The first-order valence-corrected chi connectivity index (χ1v) is 5.77. The lowest BCUT2D eigenvalue weighted by Gasteiger charge is -2.09. The van der Waals surface area contributed by atoms with E-state index in [2.05, 4.69) is 4.98 Å². The predicted molar refractivity (Wildman–Crippen MR) is 69.3 cm³/mol. The molecule has 9 heteroatoms. The normalized spacial score (nSPS) is 10.2. The molecule has 0 spiro atoms. The number of nitro benzene ring substituents is 1. The Labute approximate surface area is 121 Å². The van der Waals surface area contributed by atoms with Gasteiger partial charge in [-0.2, -0.15) is 0 Å². The van der Waals surface area contributed by atoms with Crippen LogP contribution in [0.4, 0.5) is 10.1 Å². The Hall–Kier alpha value is -2.74. The second-order valence-corrected chi connectivity index (χ2v) is 4.17. The number of aromatic nitrogens is 1. The zero-order valence-corrected chi connectivity index (χ0v) is 10.9. The summed E-state index contributed by atoms with van der Waals surface area (Å²) < 4.78 is 18.1. The molecule has 0 saturated heterocycles. The summed E-state index contributed by atoms with van der Waals surface area (Å²) in [6.07, 6.45) is 0.727. The van der Waals surface area contributed by atoms with Crippen molar-refractivity contribution in [3.63, 3.8) is 0 Å². The molecule has 1 N–H and O–H groups in total. The molecule has 0 radical (unpaired) electrons. The molecule has 0 atom stereocenters. The fourth-order valence-corrected chi connectivity index (χ4v) is 1.71. The van der Waals surface area contributed by atoms with Gasteiger partial charge in [0, 0.05) is 6.07 Å². The smallest absolute Gasteiger partial charge is 0.341 e. The highest BCUT2D eigenvalue weighted by Gasteiger charge is 2.22. The number of carboxylic acids is 1. The molecule has 108 valence electrons. The van der Waals surface area contributed by atoms with Gasteiger partial charge in [0.2, 0.25) is 11.6 Å².